The number of hydrogen-bond acceptors (Lipinski definition) is 5. The van der Waals surface area contributed by atoms with E-state index in [1.807, 2.05) is 12.1 Å². The van der Waals surface area contributed by atoms with E-state index in [0.717, 1.165) is 5.56 Å². The largest absolute Gasteiger partial charge is 0.496 e. The first-order valence-corrected chi connectivity index (χ1v) is 4.77. The second-order valence-corrected chi connectivity index (χ2v) is 3.52. The minimum atomic E-state index is -0.967. The molecule has 0 amide bonds. The van der Waals surface area contributed by atoms with Gasteiger partial charge in [0.15, 0.2) is 11.5 Å². The zero-order chi connectivity index (χ0) is 10.4. The van der Waals surface area contributed by atoms with E-state index < -0.39 is 7.12 Å². The van der Waals surface area contributed by atoms with E-state index in [9.17, 15) is 5.02 Å². The molecule has 0 saturated carbocycles. The Kier molecular flexibility index (Phi) is 2.99. The van der Waals surface area contributed by atoms with Gasteiger partial charge in [0.05, 0.1) is 6.10 Å². The standard InChI is InChI=1S/C9H10BNO4.ClH/c11-3-7-5-1-2-6-9(14-4-13-6)8(5)10(12)15-7;/h1-2,7,12H,3-4,11H2;1H/t7-;/m1./s1. The van der Waals surface area contributed by atoms with Gasteiger partial charge in [0.1, 0.15) is 0 Å². The number of ether oxygens (including phenoxy) is 2. The normalized spacial score (nSPS) is 20.6. The van der Waals surface area contributed by atoms with Crippen LogP contribution in [-0.4, -0.2) is 25.5 Å². The van der Waals surface area contributed by atoms with E-state index in [1.165, 1.54) is 0 Å². The molecule has 2 aliphatic heterocycles. The van der Waals surface area contributed by atoms with E-state index in [0.29, 0.717) is 23.5 Å². The van der Waals surface area contributed by atoms with Gasteiger partial charge in [-0.15, -0.1) is 12.4 Å². The molecule has 1 aromatic rings. The molecule has 7 heteroatoms. The summed E-state index contributed by atoms with van der Waals surface area (Å²) < 4.78 is 15.8. The molecular weight excluding hydrogens is 232 g/mol. The highest BCUT2D eigenvalue weighted by atomic mass is 35.5. The number of hydrogen-bond donors (Lipinski definition) is 2. The fraction of sp³-hybridized carbons (Fsp3) is 0.333. The van der Waals surface area contributed by atoms with Crippen molar-refractivity contribution in [1.29, 1.82) is 0 Å². The van der Waals surface area contributed by atoms with Gasteiger partial charge < -0.3 is 24.9 Å². The van der Waals surface area contributed by atoms with Crippen molar-refractivity contribution in [3.8, 4) is 11.5 Å². The lowest BCUT2D eigenvalue weighted by atomic mass is 9.78. The predicted molar refractivity (Wildman–Crippen MR) is 60.3 cm³/mol. The van der Waals surface area contributed by atoms with Crippen molar-refractivity contribution in [2.75, 3.05) is 13.3 Å². The van der Waals surface area contributed by atoms with Gasteiger partial charge in [-0.25, -0.2) is 0 Å². The number of rotatable bonds is 1. The van der Waals surface area contributed by atoms with Crippen LogP contribution < -0.4 is 20.7 Å². The van der Waals surface area contributed by atoms with Gasteiger partial charge in [0.2, 0.25) is 6.79 Å². The smallest absolute Gasteiger partial charge is 0.454 e. The molecule has 0 aromatic heterocycles. The first-order chi connectivity index (χ1) is 7.31. The van der Waals surface area contributed by atoms with Crippen molar-refractivity contribution in [2.45, 2.75) is 6.10 Å². The summed E-state index contributed by atoms with van der Waals surface area (Å²) in [5.74, 6) is 1.23. The Labute approximate surface area is 99.0 Å². The van der Waals surface area contributed by atoms with E-state index >= 15 is 0 Å². The number of fused-ring (bicyclic) bond motifs is 3. The SMILES string of the molecule is Cl.NC[C@H]1OB(O)c2c1ccc1c2OCO1. The average Bonchev–Trinajstić information content (AvgIpc) is 2.81. The molecule has 0 radical (unpaired) electrons. The van der Waals surface area contributed by atoms with Gasteiger partial charge in [0, 0.05) is 12.0 Å². The molecule has 0 fully saturated rings. The predicted octanol–water partition coefficient (Wildman–Crippen LogP) is -0.445. The lowest BCUT2D eigenvalue weighted by Gasteiger charge is -2.08. The van der Waals surface area contributed by atoms with Gasteiger partial charge in [-0.05, 0) is 11.6 Å². The van der Waals surface area contributed by atoms with Crippen molar-refractivity contribution in [1.82, 2.24) is 0 Å². The van der Waals surface area contributed by atoms with E-state index in [4.69, 9.17) is 19.9 Å². The Morgan fingerprint density at radius 1 is 1.44 bits per heavy atom. The quantitative estimate of drug-likeness (QED) is 0.654. The van der Waals surface area contributed by atoms with E-state index in [1.54, 1.807) is 0 Å². The molecule has 16 heavy (non-hydrogen) atoms. The van der Waals surface area contributed by atoms with Crippen LogP contribution in [0.4, 0.5) is 0 Å². The highest BCUT2D eigenvalue weighted by Gasteiger charge is 2.39. The third kappa shape index (κ3) is 1.46. The van der Waals surface area contributed by atoms with Crippen molar-refractivity contribution >= 4 is 25.0 Å². The molecule has 1 aromatic carbocycles. The van der Waals surface area contributed by atoms with Gasteiger partial charge in [-0.3, -0.25) is 0 Å². The fourth-order valence-corrected chi connectivity index (χ4v) is 2.02. The maximum absolute atomic E-state index is 9.73. The summed E-state index contributed by atoms with van der Waals surface area (Å²) in [7, 11) is -0.967. The Morgan fingerprint density at radius 3 is 3.00 bits per heavy atom. The second-order valence-electron chi connectivity index (χ2n) is 3.52. The molecule has 0 unspecified atom stereocenters. The molecule has 86 valence electrons. The van der Waals surface area contributed by atoms with Crippen molar-refractivity contribution < 1.29 is 19.2 Å². The van der Waals surface area contributed by atoms with Gasteiger partial charge in [0.25, 0.3) is 0 Å². The minimum Gasteiger partial charge on any atom is -0.454 e. The van der Waals surface area contributed by atoms with Crippen molar-refractivity contribution in [3.05, 3.63) is 17.7 Å². The molecule has 2 heterocycles. The van der Waals surface area contributed by atoms with E-state index in [-0.39, 0.29) is 25.3 Å². The fourth-order valence-electron chi connectivity index (χ4n) is 2.02. The molecule has 2 aliphatic rings. The van der Waals surface area contributed by atoms with Crippen LogP contribution in [-0.2, 0) is 4.65 Å². The van der Waals surface area contributed by atoms with Crippen LogP contribution in [0.25, 0.3) is 0 Å². The zero-order valence-electron chi connectivity index (χ0n) is 8.38. The van der Waals surface area contributed by atoms with Crippen LogP contribution in [0, 0.1) is 0 Å². The molecule has 1 atom stereocenters. The first-order valence-electron chi connectivity index (χ1n) is 4.77. The second kappa shape index (κ2) is 4.14. The highest BCUT2D eigenvalue weighted by molar-refractivity contribution is 6.63. The maximum Gasteiger partial charge on any atom is 0.496 e. The van der Waals surface area contributed by atoms with Crippen LogP contribution in [0.3, 0.4) is 0 Å². The monoisotopic (exact) mass is 243 g/mol. The Balaban J connectivity index is 0.000000963. The molecule has 3 N–H and O–H groups in total. The van der Waals surface area contributed by atoms with Crippen LogP contribution in [0.15, 0.2) is 12.1 Å². The number of benzene rings is 1. The van der Waals surface area contributed by atoms with Crippen LogP contribution >= 0.6 is 12.4 Å². The minimum absolute atomic E-state index is 0. The highest BCUT2D eigenvalue weighted by Crippen LogP contribution is 2.36. The van der Waals surface area contributed by atoms with Crippen LogP contribution in [0.5, 0.6) is 11.5 Å². The van der Waals surface area contributed by atoms with E-state index in [2.05, 4.69) is 0 Å². The van der Waals surface area contributed by atoms with Crippen LogP contribution in [0.2, 0.25) is 0 Å². The molecule has 0 bridgehead atoms. The summed E-state index contributed by atoms with van der Waals surface area (Å²) in [5, 5.41) is 9.73. The van der Waals surface area contributed by atoms with Gasteiger partial charge >= 0.3 is 7.12 Å². The van der Waals surface area contributed by atoms with Crippen LogP contribution in [0.1, 0.15) is 11.7 Å². The molecule has 3 rings (SSSR count). The summed E-state index contributed by atoms with van der Waals surface area (Å²) in [5.41, 5.74) is 7.08. The van der Waals surface area contributed by atoms with Crippen molar-refractivity contribution in [3.63, 3.8) is 0 Å². The third-order valence-electron chi connectivity index (χ3n) is 2.71. The molecule has 0 spiro atoms. The van der Waals surface area contributed by atoms with Gasteiger partial charge in [-0.1, -0.05) is 6.07 Å². The summed E-state index contributed by atoms with van der Waals surface area (Å²) >= 11 is 0. The Hall–Kier alpha value is -0.945. The lowest BCUT2D eigenvalue weighted by Crippen LogP contribution is -2.29. The van der Waals surface area contributed by atoms with Crippen molar-refractivity contribution in [2.24, 2.45) is 5.73 Å². The summed E-state index contributed by atoms with van der Waals surface area (Å²) in [6.07, 6.45) is -0.260. The molecule has 0 saturated heterocycles. The van der Waals surface area contributed by atoms with Gasteiger partial charge in [-0.2, -0.15) is 0 Å². The first kappa shape index (κ1) is 11.5. The Morgan fingerprint density at radius 2 is 2.25 bits per heavy atom. The topological polar surface area (TPSA) is 73.9 Å². The summed E-state index contributed by atoms with van der Waals surface area (Å²) in [6, 6.07) is 3.67. The lowest BCUT2D eigenvalue weighted by molar-refractivity contribution is 0.174. The summed E-state index contributed by atoms with van der Waals surface area (Å²) in [6.45, 7) is 0.523. The summed E-state index contributed by atoms with van der Waals surface area (Å²) in [4.78, 5) is 0. The number of nitrogens with two attached hydrogens (primary N) is 1. The number of halogens is 1. The molecular formula is C9H11BClNO4. The molecule has 0 aliphatic carbocycles. The zero-order valence-corrected chi connectivity index (χ0v) is 9.20. The maximum atomic E-state index is 9.73. The Bertz CT molecular complexity index is 417. The average molecular weight is 243 g/mol. The third-order valence-corrected chi connectivity index (χ3v) is 2.71. The molecule has 5 nitrogen and oxygen atoms in total.